The van der Waals surface area contributed by atoms with Gasteiger partial charge in [-0.1, -0.05) is 18.2 Å². The molecular weight excluding hydrogens is 384 g/mol. The lowest BCUT2D eigenvalue weighted by Gasteiger charge is -2.27. The maximum Gasteiger partial charge on any atom is 0.332 e. The molecule has 0 amide bonds. The van der Waals surface area contributed by atoms with Crippen LogP contribution in [0, 0.1) is 22.0 Å². The minimum Gasteiger partial charge on any atom is -0.494 e. The van der Waals surface area contributed by atoms with Gasteiger partial charge in [-0.25, -0.2) is 4.98 Å². The zero-order valence-electron chi connectivity index (χ0n) is 17.3. The maximum absolute atomic E-state index is 11.6. The van der Waals surface area contributed by atoms with Gasteiger partial charge in [0.2, 0.25) is 11.8 Å². The fourth-order valence-electron chi connectivity index (χ4n) is 4.01. The zero-order valence-corrected chi connectivity index (χ0v) is 17.3. The Morgan fingerprint density at radius 1 is 1.20 bits per heavy atom. The molecule has 9 heteroatoms. The van der Waals surface area contributed by atoms with E-state index in [4.69, 9.17) is 16.2 Å². The second-order valence-electron chi connectivity index (χ2n) is 7.71. The molecule has 2 aromatic rings. The number of ether oxygens (including phenoxy) is 1. The van der Waals surface area contributed by atoms with Crippen LogP contribution in [0.4, 0.5) is 17.5 Å². The number of benzene rings is 1. The first-order valence-electron chi connectivity index (χ1n) is 10.5. The lowest BCUT2D eigenvalue weighted by atomic mass is 9.80. The van der Waals surface area contributed by atoms with Crippen LogP contribution in [0.25, 0.3) is 0 Å². The van der Waals surface area contributed by atoms with Crippen molar-refractivity contribution < 1.29 is 9.66 Å². The average Bonchev–Trinajstić information content (AvgIpc) is 2.73. The second kappa shape index (κ2) is 10.2. The van der Waals surface area contributed by atoms with Crippen LogP contribution < -0.4 is 21.5 Å². The molecule has 0 atom stereocenters. The molecule has 30 heavy (non-hydrogen) atoms. The summed E-state index contributed by atoms with van der Waals surface area (Å²) in [4.78, 5) is 19.7. The van der Waals surface area contributed by atoms with E-state index in [1.54, 1.807) is 0 Å². The van der Waals surface area contributed by atoms with Gasteiger partial charge in [0.1, 0.15) is 11.4 Å². The van der Waals surface area contributed by atoms with Crippen LogP contribution in [0.1, 0.15) is 43.9 Å². The molecule has 1 saturated carbocycles. The normalized spacial score (nSPS) is 18.7. The number of rotatable bonds is 9. The summed E-state index contributed by atoms with van der Waals surface area (Å²) in [6.07, 6.45) is 4.61. The molecule has 5 N–H and O–H groups in total. The van der Waals surface area contributed by atoms with Crippen molar-refractivity contribution in [1.82, 2.24) is 9.97 Å². The predicted octanol–water partition coefficient (Wildman–Crippen LogP) is 3.29. The topological polar surface area (TPSA) is 142 Å². The van der Waals surface area contributed by atoms with Gasteiger partial charge < -0.3 is 21.5 Å². The number of nitro groups is 1. The van der Waals surface area contributed by atoms with Crippen LogP contribution in [-0.4, -0.2) is 28.0 Å². The predicted molar refractivity (Wildman–Crippen MR) is 116 cm³/mol. The van der Waals surface area contributed by atoms with Crippen molar-refractivity contribution in [2.24, 2.45) is 17.6 Å². The Labute approximate surface area is 176 Å². The summed E-state index contributed by atoms with van der Waals surface area (Å²) in [7, 11) is 0. The number of para-hydroxylation sites is 1. The Hall–Kier alpha value is -2.94. The molecule has 0 aliphatic heterocycles. The van der Waals surface area contributed by atoms with Crippen molar-refractivity contribution in [3.8, 4) is 5.75 Å². The van der Waals surface area contributed by atoms with E-state index >= 15 is 0 Å². The molecule has 0 saturated heterocycles. The first kappa shape index (κ1) is 21.8. The van der Waals surface area contributed by atoms with E-state index in [0.29, 0.717) is 43.6 Å². The van der Waals surface area contributed by atoms with Gasteiger partial charge in [-0.15, -0.1) is 0 Å². The van der Waals surface area contributed by atoms with Crippen LogP contribution in [-0.2, 0) is 13.0 Å². The molecule has 0 unspecified atom stereocenters. The average molecular weight is 415 g/mol. The van der Waals surface area contributed by atoms with E-state index in [0.717, 1.165) is 37.0 Å². The lowest BCUT2D eigenvalue weighted by Crippen LogP contribution is -2.23. The number of anilines is 2. The van der Waals surface area contributed by atoms with E-state index < -0.39 is 4.92 Å². The molecule has 1 aromatic heterocycles. The molecule has 0 bridgehead atoms. The summed E-state index contributed by atoms with van der Waals surface area (Å²) < 4.78 is 5.64. The minimum atomic E-state index is -0.482. The Morgan fingerprint density at radius 2 is 1.90 bits per heavy atom. The van der Waals surface area contributed by atoms with E-state index in [1.807, 2.05) is 31.2 Å². The van der Waals surface area contributed by atoms with Crippen molar-refractivity contribution >= 4 is 17.5 Å². The Balaban J connectivity index is 1.77. The largest absolute Gasteiger partial charge is 0.494 e. The van der Waals surface area contributed by atoms with Crippen molar-refractivity contribution in [2.45, 2.75) is 45.6 Å². The fraction of sp³-hybridized carbons (Fsp3) is 0.524. The van der Waals surface area contributed by atoms with Crippen LogP contribution in [0.2, 0.25) is 0 Å². The molecule has 1 aromatic carbocycles. The molecule has 1 aliphatic carbocycles. The van der Waals surface area contributed by atoms with E-state index in [-0.39, 0.29) is 17.5 Å². The van der Waals surface area contributed by atoms with Gasteiger partial charge in [-0.3, -0.25) is 10.1 Å². The third-order valence-electron chi connectivity index (χ3n) is 5.66. The highest BCUT2D eigenvalue weighted by Crippen LogP contribution is 2.34. The highest BCUT2D eigenvalue weighted by molar-refractivity contribution is 5.58. The summed E-state index contributed by atoms with van der Waals surface area (Å²) in [6.45, 7) is 3.62. The van der Waals surface area contributed by atoms with Crippen molar-refractivity contribution in [3.63, 3.8) is 0 Å². The Kier molecular flexibility index (Phi) is 7.40. The quantitative estimate of drug-likeness (QED) is 0.419. The van der Waals surface area contributed by atoms with Crippen LogP contribution in [0.15, 0.2) is 24.3 Å². The number of nitrogens with zero attached hydrogens (tertiary/aromatic N) is 3. The van der Waals surface area contributed by atoms with Gasteiger partial charge in [0.15, 0.2) is 0 Å². The van der Waals surface area contributed by atoms with Gasteiger partial charge in [-0.2, -0.15) is 4.98 Å². The van der Waals surface area contributed by atoms with E-state index in [9.17, 15) is 10.1 Å². The van der Waals surface area contributed by atoms with Gasteiger partial charge in [0.25, 0.3) is 0 Å². The standard InChI is InChI=1S/C21H30N6O3/c1-2-30-18-6-4-3-5-16(18)13-24-21-25-17(19(27(28)29)20(23)26-21)11-14-7-9-15(12-22)10-8-14/h3-6,14-15H,2,7-13,22H2,1H3,(H3,23,24,25,26). The first-order valence-corrected chi connectivity index (χ1v) is 10.5. The van der Waals surface area contributed by atoms with Gasteiger partial charge in [0, 0.05) is 12.1 Å². The van der Waals surface area contributed by atoms with Crippen molar-refractivity contribution in [1.29, 1.82) is 0 Å². The van der Waals surface area contributed by atoms with Crippen LogP contribution in [0.3, 0.4) is 0 Å². The van der Waals surface area contributed by atoms with E-state index in [1.165, 1.54) is 0 Å². The van der Waals surface area contributed by atoms with E-state index in [2.05, 4.69) is 15.3 Å². The smallest absolute Gasteiger partial charge is 0.332 e. The minimum absolute atomic E-state index is 0.110. The number of hydrogen-bond acceptors (Lipinski definition) is 8. The SMILES string of the molecule is CCOc1ccccc1CNc1nc(N)c([N+](=O)[O-])c(CC2CCC(CN)CC2)n1. The summed E-state index contributed by atoms with van der Waals surface area (Å²) in [6, 6.07) is 7.68. The number of nitrogen functional groups attached to an aromatic ring is 1. The lowest BCUT2D eigenvalue weighted by molar-refractivity contribution is -0.385. The number of nitrogens with two attached hydrogens (primary N) is 2. The molecule has 1 fully saturated rings. The third kappa shape index (κ3) is 5.35. The molecular formula is C21H30N6O3. The molecule has 0 radical (unpaired) electrons. The van der Waals surface area contributed by atoms with Crippen LogP contribution >= 0.6 is 0 Å². The second-order valence-corrected chi connectivity index (χ2v) is 7.71. The van der Waals surface area contributed by atoms with Gasteiger partial charge in [-0.05, 0) is 63.5 Å². The van der Waals surface area contributed by atoms with Gasteiger partial charge >= 0.3 is 5.69 Å². The Bertz CT molecular complexity index is 868. The summed E-state index contributed by atoms with van der Waals surface area (Å²) >= 11 is 0. The number of nitrogens with one attached hydrogen (secondary N) is 1. The van der Waals surface area contributed by atoms with Gasteiger partial charge in [0.05, 0.1) is 11.5 Å². The molecule has 0 spiro atoms. The molecule has 1 aliphatic rings. The van der Waals surface area contributed by atoms with Crippen LogP contribution in [0.5, 0.6) is 5.75 Å². The third-order valence-corrected chi connectivity index (χ3v) is 5.66. The summed E-state index contributed by atoms with van der Waals surface area (Å²) in [5, 5.41) is 14.7. The molecule has 1 heterocycles. The number of hydrogen-bond donors (Lipinski definition) is 3. The highest BCUT2D eigenvalue weighted by Gasteiger charge is 2.27. The molecule has 3 rings (SSSR count). The summed E-state index contributed by atoms with van der Waals surface area (Å²) in [5.41, 5.74) is 12.9. The van der Waals surface area contributed by atoms with Crippen molar-refractivity contribution in [3.05, 3.63) is 45.6 Å². The molecule has 162 valence electrons. The Morgan fingerprint density at radius 3 is 2.57 bits per heavy atom. The number of aromatic nitrogens is 2. The first-order chi connectivity index (χ1) is 14.5. The summed E-state index contributed by atoms with van der Waals surface area (Å²) in [5.74, 6) is 1.84. The molecule has 9 nitrogen and oxygen atoms in total. The monoisotopic (exact) mass is 414 g/mol. The van der Waals surface area contributed by atoms with Crippen molar-refractivity contribution in [2.75, 3.05) is 24.2 Å². The maximum atomic E-state index is 11.6. The fourth-order valence-corrected chi connectivity index (χ4v) is 4.01. The highest BCUT2D eigenvalue weighted by atomic mass is 16.6. The zero-order chi connectivity index (χ0) is 21.5.